The first-order valence-corrected chi connectivity index (χ1v) is 8.53. The van der Waals surface area contributed by atoms with Crippen LogP contribution in [0.1, 0.15) is 16.7 Å². The fraction of sp³-hybridized carbons (Fsp3) is 0.300. The van der Waals surface area contributed by atoms with E-state index < -0.39 is 0 Å². The molecule has 0 radical (unpaired) electrons. The number of fused-ring (bicyclic) bond motifs is 3. The summed E-state index contributed by atoms with van der Waals surface area (Å²) in [5, 5.41) is 2.96. The van der Waals surface area contributed by atoms with Gasteiger partial charge in [-0.2, -0.15) is 0 Å². The van der Waals surface area contributed by atoms with Crippen LogP contribution in [0.5, 0.6) is 5.75 Å². The van der Waals surface area contributed by atoms with Crippen LogP contribution >= 0.6 is 0 Å². The van der Waals surface area contributed by atoms with Crippen molar-refractivity contribution >= 4 is 17.3 Å². The largest absolute Gasteiger partial charge is 0.496 e. The van der Waals surface area contributed by atoms with Crippen LogP contribution in [0.25, 0.3) is 11.1 Å². The number of ether oxygens (including phenoxy) is 1. The van der Waals surface area contributed by atoms with Crippen molar-refractivity contribution in [3.8, 4) is 16.9 Å². The van der Waals surface area contributed by atoms with Crippen molar-refractivity contribution in [3.05, 3.63) is 46.8 Å². The van der Waals surface area contributed by atoms with Gasteiger partial charge >= 0.3 is 0 Å². The topological polar surface area (TPSA) is 53.9 Å². The molecule has 26 heavy (non-hydrogen) atoms. The molecule has 0 bridgehead atoms. The van der Waals surface area contributed by atoms with Gasteiger partial charge in [0.2, 0.25) is 0 Å². The van der Waals surface area contributed by atoms with Gasteiger partial charge in [-0.1, -0.05) is 0 Å². The molecule has 2 aliphatic heterocycles. The van der Waals surface area contributed by atoms with Crippen molar-refractivity contribution in [1.82, 2.24) is 4.90 Å². The van der Waals surface area contributed by atoms with Gasteiger partial charge < -0.3 is 15.0 Å². The number of amides is 1. The Hall–Kier alpha value is -2.73. The smallest absolute Gasteiger partial charge is 0.274 e. The Labute approximate surface area is 151 Å². The number of hydrogen-bond donors (Lipinski definition) is 1. The molecule has 5 nitrogen and oxygen atoms in total. The van der Waals surface area contributed by atoms with Crippen LogP contribution in [0.4, 0.5) is 10.1 Å². The second-order valence-corrected chi connectivity index (χ2v) is 6.66. The third-order valence-corrected chi connectivity index (χ3v) is 5.10. The normalized spacial score (nSPS) is 17.8. The average molecular weight is 353 g/mol. The van der Waals surface area contributed by atoms with Crippen LogP contribution in [0.2, 0.25) is 0 Å². The summed E-state index contributed by atoms with van der Waals surface area (Å²) in [6, 6.07) is 6.46. The third kappa shape index (κ3) is 2.49. The predicted octanol–water partition coefficient (Wildman–Crippen LogP) is 2.86. The first-order valence-electron chi connectivity index (χ1n) is 8.53. The lowest BCUT2D eigenvalue weighted by atomic mass is 9.87. The third-order valence-electron chi connectivity index (χ3n) is 5.10. The van der Waals surface area contributed by atoms with E-state index in [9.17, 15) is 9.18 Å². The predicted molar refractivity (Wildman–Crippen MR) is 99.5 cm³/mol. The Bertz CT molecular complexity index is 953. The highest BCUT2D eigenvalue weighted by Gasteiger charge is 2.33. The molecule has 6 heteroatoms. The fourth-order valence-electron chi connectivity index (χ4n) is 3.87. The van der Waals surface area contributed by atoms with E-state index in [1.807, 2.05) is 6.07 Å². The molecule has 2 heterocycles. The summed E-state index contributed by atoms with van der Waals surface area (Å²) >= 11 is 0. The molecule has 0 saturated heterocycles. The highest BCUT2D eigenvalue weighted by Crippen LogP contribution is 2.42. The molecule has 0 saturated carbocycles. The first kappa shape index (κ1) is 16.7. The number of halogens is 1. The standard InChI is InChI=1S/C20H20FN3O2/c1-22-19-15-9-13(14-8-11(21)4-5-17(14)26-3)12-6-7-24(2)10-16(12)18(15)23-20(19)25/h4-5,8-9H,6-7,10H2,1-3H3,(H,22,23,25). The number of carbonyl (C=O) groups excluding carboxylic acids is 1. The van der Waals surface area contributed by atoms with E-state index in [-0.39, 0.29) is 11.7 Å². The second kappa shape index (κ2) is 6.21. The number of benzene rings is 2. The number of hydrogen-bond acceptors (Lipinski definition) is 4. The van der Waals surface area contributed by atoms with E-state index in [1.54, 1.807) is 20.2 Å². The Kier molecular flexibility index (Phi) is 4.00. The van der Waals surface area contributed by atoms with Crippen LogP contribution in [0.3, 0.4) is 0 Å². The minimum atomic E-state index is -0.318. The molecule has 1 N–H and O–H groups in total. The molecule has 1 amide bonds. The number of nitrogens with zero attached hydrogens (tertiary/aromatic N) is 2. The molecule has 0 aromatic heterocycles. The summed E-state index contributed by atoms with van der Waals surface area (Å²) in [5.41, 5.74) is 5.82. The SMILES string of the molecule is CN=C1C(=O)Nc2c1cc(-c1cc(F)ccc1OC)c1c2CN(C)CC1. The lowest BCUT2D eigenvalue weighted by molar-refractivity contribution is -0.110. The molecule has 4 rings (SSSR count). The number of nitrogens with one attached hydrogen (secondary N) is 1. The molecule has 0 atom stereocenters. The quantitative estimate of drug-likeness (QED) is 0.903. The summed E-state index contributed by atoms with van der Waals surface area (Å²) in [7, 11) is 5.24. The van der Waals surface area contributed by atoms with Crippen molar-refractivity contribution in [2.24, 2.45) is 4.99 Å². The minimum absolute atomic E-state index is 0.193. The summed E-state index contributed by atoms with van der Waals surface area (Å²) in [4.78, 5) is 18.7. The minimum Gasteiger partial charge on any atom is -0.496 e. The zero-order valence-corrected chi connectivity index (χ0v) is 15.0. The maximum atomic E-state index is 14.0. The lowest BCUT2D eigenvalue weighted by Crippen LogP contribution is -2.28. The molecule has 2 aliphatic rings. The first-order chi connectivity index (χ1) is 12.5. The highest BCUT2D eigenvalue weighted by atomic mass is 19.1. The summed E-state index contributed by atoms with van der Waals surface area (Å²) in [5.74, 6) is 0.0996. The van der Waals surface area contributed by atoms with E-state index in [4.69, 9.17) is 4.74 Å². The molecule has 0 aliphatic carbocycles. The molecule has 0 unspecified atom stereocenters. The number of anilines is 1. The van der Waals surface area contributed by atoms with Gasteiger partial charge in [0.05, 0.1) is 12.8 Å². The number of carbonyl (C=O) groups is 1. The van der Waals surface area contributed by atoms with Crippen LogP contribution in [0, 0.1) is 5.82 Å². The van der Waals surface area contributed by atoms with Gasteiger partial charge in [-0.15, -0.1) is 0 Å². The molecule has 2 aromatic rings. The van der Waals surface area contributed by atoms with Gasteiger partial charge in [-0.3, -0.25) is 9.79 Å². The molecular weight excluding hydrogens is 333 g/mol. The van der Waals surface area contributed by atoms with Crippen molar-refractivity contribution < 1.29 is 13.9 Å². The van der Waals surface area contributed by atoms with Gasteiger partial charge in [0.25, 0.3) is 5.91 Å². The van der Waals surface area contributed by atoms with E-state index in [2.05, 4.69) is 22.3 Å². The van der Waals surface area contributed by atoms with E-state index in [0.717, 1.165) is 47.5 Å². The zero-order valence-electron chi connectivity index (χ0n) is 15.0. The van der Waals surface area contributed by atoms with E-state index in [1.165, 1.54) is 12.1 Å². The fourth-order valence-corrected chi connectivity index (χ4v) is 3.87. The number of aliphatic imine (C=N–C) groups is 1. The monoisotopic (exact) mass is 353 g/mol. The highest BCUT2D eigenvalue weighted by molar-refractivity contribution is 6.54. The lowest BCUT2D eigenvalue weighted by Gasteiger charge is -2.29. The van der Waals surface area contributed by atoms with Gasteiger partial charge in [0.15, 0.2) is 0 Å². The van der Waals surface area contributed by atoms with Crippen molar-refractivity contribution in [2.45, 2.75) is 13.0 Å². The van der Waals surface area contributed by atoms with Gasteiger partial charge in [-0.25, -0.2) is 4.39 Å². The maximum absolute atomic E-state index is 14.0. The summed E-state index contributed by atoms with van der Waals surface area (Å²) in [6.07, 6.45) is 0.822. The van der Waals surface area contributed by atoms with Crippen molar-refractivity contribution in [3.63, 3.8) is 0 Å². The van der Waals surface area contributed by atoms with Crippen molar-refractivity contribution in [1.29, 1.82) is 0 Å². The van der Waals surface area contributed by atoms with Crippen LogP contribution < -0.4 is 10.1 Å². The molecule has 134 valence electrons. The maximum Gasteiger partial charge on any atom is 0.274 e. The summed E-state index contributed by atoms with van der Waals surface area (Å²) in [6.45, 7) is 1.62. The number of likely N-dealkylation sites (N-methyl/N-ethyl adjacent to an activating group) is 1. The van der Waals surface area contributed by atoms with Crippen LogP contribution in [-0.4, -0.2) is 44.3 Å². The average Bonchev–Trinajstić information content (AvgIpc) is 2.96. The molecular formula is C20H20FN3O2. The van der Waals surface area contributed by atoms with Gasteiger partial charge in [0, 0.05) is 31.3 Å². The Morgan fingerprint density at radius 3 is 2.73 bits per heavy atom. The van der Waals surface area contributed by atoms with Gasteiger partial charge in [-0.05, 0) is 54.4 Å². The zero-order chi connectivity index (χ0) is 18.4. The molecule has 0 spiro atoms. The van der Waals surface area contributed by atoms with E-state index in [0.29, 0.717) is 17.0 Å². The Morgan fingerprint density at radius 1 is 1.19 bits per heavy atom. The summed E-state index contributed by atoms with van der Waals surface area (Å²) < 4.78 is 19.5. The van der Waals surface area contributed by atoms with E-state index >= 15 is 0 Å². The Balaban J connectivity index is 2.03. The van der Waals surface area contributed by atoms with Gasteiger partial charge in [0.1, 0.15) is 17.3 Å². The Morgan fingerprint density at radius 2 is 2.00 bits per heavy atom. The van der Waals surface area contributed by atoms with Crippen LogP contribution in [-0.2, 0) is 17.8 Å². The number of methoxy groups -OCH3 is 1. The van der Waals surface area contributed by atoms with Crippen molar-refractivity contribution in [2.75, 3.05) is 33.1 Å². The molecule has 2 aromatic carbocycles. The number of rotatable bonds is 2. The second-order valence-electron chi connectivity index (χ2n) is 6.66. The molecule has 0 fully saturated rings. The van der Waals surface area contributed by atoms with Crippen LogP contribution in [0.15, 0.2) is 29.3 Å².